The second kappa shape index (κ2) is 3.19. The molecular weight excluding hydrogens is 225 g/mol. The number of nitrogens with one attached hydrogen (secondary N) is 1. The summed E-state index contributed by atoms with van der Waals surface area (Å²) in [5.74, 6) is 0.871. The lowest BCUT2D eigenvalue weighted by Crippen LogP contribution is -2.24. The van der Waals surface area contributed by atoms with E-state index in [2.05, 4.69) is 41.8 Å². The Morgan fingerprint density at radius 3 is 2.56 bits per heavy atom. The van der Waals surface area contributed by atoms with Crippen molar-refractivity contribution in [3.63, 3.8) is 0 Å². The fourth-order valence-electron chi connectivity index (χ4n) is 1.40. The van der Waals surface area contributed by atoms with E-state index < -0.39 is 0 Å². The van der Waals surface area contributed by atoms with E-state index in [4.69, 9.17) is 0 Å². The van der Waals surface area contributed by atoms with Crippen molar-refractivity contribution in [1.82, 2.24) is 5.32 Å². The summed E-state index contributed by atoms with van der Waals surface area (Å²) in [6.07, 6.45) is 1.28. The fraction of sp³-hybridized carbons (Fsp3) is 1.00. The van der Waals surface area contributed by atoms with Crippen molar-refractivity contribution in [2.45, 2.75) is 30.2 Å². The van der Waals surface area contributed by atoms with Crippen LogP contribution in [0.1, 0.15) is 20.3 Å². The first-order chi connectivity index (χ1) is 4.25. The highest BCUT2D eigenvalue weighted by molar-refractivity contribution is 14.1. The first kappa shape index (κ1) is 7.79. The smallest absolute Gasteiger partial charge is 0.0275 e. The van der Waals surface area contributed by atoms with E-state index in [-0.39, 0.29) is 0 Å². The lowest BCUT2D eigenvalue weighted by molar-refractivity contribution is 0.478. The molecule has 0 aromatic carbocycles. The van der Waals surface area contributed by atoms with Gasteiger partial charge < -0.3 is 5.32 Å². The van der Waals surface area contributed by atoms with Gasteiger partial charge in [-0.25, -0.2) is 0 Å². The lowest BCUT2D eigenvalue weighted by atomic mass is 10.0. The van der Waals surface area contributed by atoms with E-state index in [1.807, 2.05) is 0 Å². The van der Waals surface area contributed by atoms with E-state index in [9.17, 15) is 0 Å². The van der Waals surface area contributed by atoms with Crippen LogP contribution in [0.5, 0.6) is 0 Å². The second-order valence-corrected chi connectivity index (χ2v) is 4.40. The van der Waals surface area contributed by atoms with Gasteiger partial charge in [-0.2, -0.15) is 0 Å². The highest BCUT2D eigenvalue weighted by atomic mass is 127. The topological polar surface area (TPSA) is 12.0 Å². The minimum atomic E-state index is 0.784. The van der Waals surface area contributed by atoms with Crippen LogP contribution in [0.25, 0.3) is 0 Å². The Morgan fingerprint density at radius 1 is 1.67 bits per heavy atom. The van der Waals surface area contributed by atoms with E-state index in [0.717, 1.165) is 15.9 Å². The van der Waals surface area contributed by atoms with E-state index in [1.54, 1.807) is 0 Å². The molecule has 0 aliphatic carbocycles. The Morgan fingerprint density at radius 2 is 2.33 bits per heavy atom. The van der Waals surface area contributed by atoms with Gasteiger partial charge in [0.15, 0.2) is 0 Å². The van der Waals surface area contributed by atoms with Crippen molar-refractivity contribution in [1.29, 1.82) is 0 Å². The number of rotatable bonds is 1. The van der Waals surface area contributed by atoms with E-state index in [0.29, 0.717) is 0 Å². The van der Waals surface area contributed by atoms with Crippen LogP contribution < -0.4 is 5.32 Å². The van der Waals surface area contributed by atoms with Gasteiger partial charge in [-0.15, -0.1) is 0 Å². The maximum absolute atomic E-state index is 3.50. The van der Waals surface area contributed by atoms with Crippen LogP contribution >= 0.6 is 22.6 Å². The van der Waals surface area contributed by atoms with Crippen molar-refractivity contribution in [2.24, 2.45) is 5.92 Å². The second-order valence-electron chi connectivity index (χ2n) is 2.80. The van der Waals surface area contributed by atoms with Crippen LogP contribution in [-0.4, -0.2) is 16.5 Å². The minimum absolute atomic E-state index is 0.784. The summed E-state index contributed by atoms with van der Waals surface area (Å²) in [4.78, 5) is 0. The first-order valence-electron chi connectivity index (χ1n) is 3.63. The molecule has 0 bridgehead atoms. The van der Waals surface area contributed by atoms with Crippen molar-refractivity contribution in [3.05, 3.63) is 0 Å². The Labute approximate surface area is 70.7 Å². The molecule has 0 saturated carbocycles. The predicted octanol–water partition coefficient (Wildman–Crippen LogP) is 1.81. The first-order valence-corrected chi connectivity index (χ1v) is 4.87. The van der Waals surface area contributed by atoms with Crippen LogP contribution in [0.15, 0.2) is 0 Å². The van der Waals surface area contributed by atoms with Gasteiger partial charge in [-0.3, -0.25) is 0 Å². The van der Waals surface area contributed by atoms with Gasteiger partial charge in [0.25, 0.3) is 0 Å². The normalized spacial score (nSPS) is 43.7. The molecule has 9 heavy (non-hydrogen) atoms. The molecule has 0 radical (unpaired) electrons. The molecule has 1 N–H and O–H groups in total. The van der Waals surface area contributed by atoms with Crippen LogP contribution in [0.2, 0.25) is 0 Å². The summed E-state index contributed by atoms with van der Waals surface area (Å²) in [6.45, 7) is 5.80. The third-order valence-corrected chi connectivity index (χ3v) is 3.79. The quantitative estimate of drug-likeness (QED) is 0.543. The monoisotopic (exact) mass is 239 g/mol. The van der Waals surface area contributed by atoms with Gasteiger partial charge in [0.1, 0.15) is 0 Å². The molecule has 54 valence electrons. The Hall–Kier alpha value is 0.690. The fourth-order valence-corrected chi connectivity index (χ4v) is 2.16. The molecule has 0 unspecified atom stereocenters. The van der Waals surface area contributed by atoms with Gasteiger partial charge in [0.05, 0.1) is 0 Å². The predicted molar refractivity (Wildman–Crippen MR) is 49.1 cm³/mol. The zero-order chi connectivity index (χ0) is 6.85. The van der Waals surface area contributed by atoms with Gasteiger partial charge in [0.2, 0.25) is 0 Å². The van der Waals surface area contributed by atoms with E-state index >= 15 is 0 Å². The summed E-state index contributed by atoms with van der Waals surface area (Å²) < 4.78 is 0.854. The molecule has 1 nitrogen and oxygen atoms in total. The van der Waals surface area contributed by atoms with Crippen molar-refractivity contribution in [2.75, 3.05) is 6.54 Å². The SMILES string of the molecule is CC[C@@H]1NC[C@@H](I)[C@H]1C. The minimum Gasteiger partial charge on any atom is -0.313 e. The summed E-state index contributed by atoms with van der Waals surface area (Å²) in [6, 6.07) is 0.784. The van der Waals surface area contributed by atoms with Gasteiger partial charge >= 0.3 is 0 Å². The third-order valence-electron chi connectivity index (χ3n) is 2.22. The summed E-state index contributed by atoms with van der Waals surface area (Å²) in [5.41, 5.74) is 0. The molecule has 1 aliphatic rings. The Kier molecular flexibility index (Phi) is 2.76. The van der Waals surface area contributed by atoms with Crippen molar-refractivity contribution in [3.8, 4) is 0 Å². The molecule has 1 aliphatic heterocycles. The number of hydrogen-bond acceptors (Lipinski definition) is 1. The van der Waals surface area contributed by atoms with Crippen LogP contribution in [-0.2, 0) is 0 Å². The Bertz CT molecular complexity index is 94.9. The van der Waals surface area contributed by atoms with Crippen molar-refractivity contribution < 1.29 is 0 Å². The zero-order valence-electron chi connectivity index (χ0n) is 6.02. The molecule has 0 aromatic rings. The average molecular weight is 239 g/mol. The highest BCUT2D eigenvalue weighted by Crippen LogP contribution is 2.23. The summed E-state index contributed by atoms with van der Waals surface area (Å²) in [5, 5.41) is 3.50. The molecule has 0 spiro atoms. The van der Waals surface area contributed by atoms with Crippen molar-refractivity contribution >= 4 is 22.6 Å². The standard InChI is InChI=1S/C7H14IN/c1-3-7-5(2)6(8)4-9-7/h5-7,9H,3-4H2,1-2H3/t5-,6-,7+/m1/s1. The van der Waals surface area contributed by atoms with Crippen LogP contribution in [0, 0.1) is 5.92 Å². The maximum atomic E-state index is 3.50. The number of hydrogen-bond donors (Lipinski definition) is 1. The summed E-state index contributed by atoms with van der Waals surface area (Å²) >= 11 is 2.53. The molecule has 0 aromatic heterocycles. The molecule has 2 heteroatoms. The summed E-state index contributed by atoms with van der Waals surface area (Å²) in [7, 11) is 0. The van der Waals surface area contributed by atoms with Gasteiger partial charge in [-0.1, -0.05) is 36.4 Å². The lowest BCUT2D eigenvalue weighted by Gasteiger charge is -2.13. The van der Waals surface area contributed by atoms with Crippen LogP contribution in [0.3, 0.4) is 0 Å². The zero-order valence-corrected chi connectivity index (χ0v) is 8.18. The molecule has 3 atom stereocenters. The van der Waals surface area contributed by atoms with Gasteiger partial charge in [-0.05, 0) is 12.3 Å². The molecule has 1 saturated heterocycles. The number of alkyl halides is 1. The van der Waals surface area contributed by atoms with Gasteiger partial charge in [0, 0.05) is 16.5 Å². The third kappa shape index (κ3) is 1.58. The molecule has 1 rings (SSSR count). The average Bonchev–Trinajstić information content (AvgIpc) is 2.15. The van der Waals surface area contributed by atoms with Crippen LogP contribution in [0.4, 0.5) is 0 Å². The Balaban J connectivity index is 2.41. The molecule has 1 fully saturated rings. The largest absolute Gasteiger partial charge is 0.313 e. The molecule has 0 amide bonds. The molecular formula is C7H14IN. The number of halogens is 1. The van der Waals surface area contributed by atoms with E-state index in [1.165, 1.54) is 13.0 Å². The highest BCUT2D eigenvalue weighted by Gasteiger charge is 2.28. The maximum Gasteiger partial charge on any atom is 0.0275 e. The molecule has 1 heterocycles.